The van der Waals surface area contributed by atoms with E-state index >= 15 is 0 Å². The minimum atomic E-state index is 0.557. The Morgan fingerprint density at radius 2 is 2.10 bits per heavy atom. The maximum Gasteiger partial charge on any atom is 0.129 e. The number of fused-ring (bicyclic) bond motifs is 1. The fraction of sp³-hybridized carbons (Fsp3) is 0.471. The fourth-order valence-electron chi connectivity index (χ4n) is 3.16. The van der Waals surface area contributed by atoms with Gasteiger partial charge in [-0.3, -0.25) is 4.90 Å². The van der Waals surface area contributed by atoms with Crippen molar-refractivity contribution < 1.29 is 0 Å². The van der Waals surface area contributed by atoms with Crippen LogP contribution in [0.25, 0.3) is 10.9 Å². The molecule has 0 radical (unpaired) electrons. The Hall–Kier alpha value is -1.65. The molecular weight excluding hydrogens is 260 g/mol. The standard InChI is InChI=1S/C17H24N4/c1-3-14-12-21(9-8-20(14)2)17-10-13(11-18)15-6-4-5-7-16(15)19-17/h4-7,10,14H,3,8-9,11-12,18H2,1-2H3. The Morgan fingerprint density at radius 3 is 2.86 bits per heavy atom. The molecule has 0 spiro atoms. The van der Waals surface area contributed by atoms with Crippen LogP contribution in [-0.4, -0.2) is 42.6 Å². The van der Waals surface area contributed by atoms with Gasteiger partial charge in [-0.1, -0.05) is 25.1 Å². The zero-order valence-corrected chi connectivity index (χ0v) is 12.9. The Labute approximate surface area is 126 Å². The van der Waals surface area contributed by atoms with Crippen LogP contribution in [-0.2, 0) is 6.54 Å². The molecular formula is C17H24N4. The van der Waals surface area contributed by atoms with Crippen molar-refractivity contribution in [3.63, 3.8) is 0 Å². The molecule has 4 heteroatoms. The summed E-state index contributed by atoms with van der Waals surface area (Å²) < 4.78 is 0. The zero-order chi connectivity index (χ0) is 14.8. The van der Waals surface area contributed by atoms with E-state index in [9.17, 15) is 0 Å². The van der Waals surface area contributed by atoms with E-state index in [0.717, 1.165) is 31.0 Å². The number of hydrogen-bond donors (Lipinski definition) is 1. The maximum absolute atomic E-state index is 5.94. The van der Waals surface area contributed by atoms with E-state index in [0.29, 0.717) is 12.6 Å². The molecule has 0 saturated carbocycles. The van der Waals surface area contributed by atoms with Crippen LogP contribution in [0.5, 0.6) is 0 Å². The number of nitrogens with zero attached hydrogens (tertiary/aromatic N) is 3. The van der Waals surface area contributed by atoms with Gasteiger partial charge in [0.15, 0.2) is 0 Å². The average molecular weight is 284 g/mol. The predicted octanol–water partition coefficient (Wildman–Crippen LogP) is 2.22. The first-order valence-electron chi connectivity index (χ1n) is 7.77. The molecule has 112 valence electrons. The Kier molecular flexibility index (Phi) is 4.08. The molecule has 1 unspecified atom stereocenters. The fourth-order valence-corrected chi connectivity index (χ4v) is 3.16. The van der Waals surface area contributed by atoms with Gasteiger partial charge in [-0.2, -0.15) is 0 Å². The number of likely N-dealkylation sites (N-methyl/N-ethyl adjacent to an activating group) is 1. The number of para-hydroxylation sites is 1. The summed E-state index contributed by atoms with van der Waals surface area (Å²) in [7, 11) is 2.21. The number of pyridine rings is 1. The van der Waals surface area contributed by atoms with Crippen molar-refractivity contribution in [3.05, 3.63) is 35.9 Å². The SMILES string of the molecule is CCC1CN(c2cc(CN)c3ccccc3n2)CCN1C. The first-order chi connectivity index (χ1) is 10.2. The summed E-state index contributed by atoms with van der Waals surface area (Å²) in [6.07, 6.45) is 1.17. The van der Waals surface area contributed by atoms with Gasteiger partial charge in [0.05, 0.1) is 5.52 Å². The molecule has 2 aromatic rings. The summed E-state index contributed by atoms with van der Waals surface area (Å²) in [6, 6.07) is 11.0. The third-order valence-corrected chi connectivity index (χ3v) is 4.58. The Balaban J connectivity index is 1.97. The lowest BCUT2D eigenvalue weighted by atomic mass is 10.1. The third-order valence-electron chi connectivity index (χ3n) is 4.58. The lowest BCUT2D eigenvalue weighted by Crippen LogP contribution is -2.51. The smallest absolute Gasteiger partial charge is 0.129 e. The molecule has 0 aliphatic carbocycles. The highest BCUT2D eigenvalue weighted by atomic mass is 15.3. The topological polar surface area (TPSA) is 45.4 Å². The summed E-state index contributed by atoms with van der Waals surface area (Å²) in [4.78, 5) is 9.70. The average Bonchev–Trinajstić information content (AvgIpc) is 2.54. The van der Waals surface area contributed by atoms with Gasteiger partial charge >= 0.3 is 0 Å². The molecule has 1 atom stereocenters. The van der Waals surface area contributed by atoms with Gasteiger partial charge in [-0.15, -0.1) is 0 Å². The van der Waals surface area contributed by atoms with Gasteiger partial charge in [0, 0.05) is 37.6 Å². The second kappa shape index (κ2) is 6.00. The molecule has 2 N–H and O–H groups in total. The van der Waals surface area contributed by atoms with E-state index in [4.69, 9.17) is 10.7 Å². The highest BCUT2D eigenvalue weighted by Crippen LogP contribution is 2.24. The van der Waals surface area contributed by atoms with Crippen molar-refractivity contribution in [1.82, 2.24) is 9.88 Å². The lowest BCUT2D eigenvalue weighted by molar-refractivity contribution is 0.213. The van der Waals surface area contributed by atoms with Crippen molar-refractivity contribution in [2.75, 3.05) is 31.6 Å². The number of anilines is 1. The molecule has 1 aromatic heterocycles. The Morgan fingerprint density at radius 1 is 1.29 bits per heavy atom. The molecule has 3 rings (SSSR count). The van der Waals surface area contributed by atoms with Crippen LogP contribution < -0.4 is 10.6 Å². The third kappa shape index (κ3) is 2.74. The van der Waals surface area contributed by atoms with Gasteiger partial charge in [-0.25, -0.2) is 4.98 Å². The predicted molar refractivity (Wildman–Crippen MR) is 88.6 cm³/mol. The second-order valence-corrected chi connectivity index (χ2v) is 5.85. The molecule has 0 amide bonds. The maximum atomic E-state index is 5.94. The van der Waals surface area contributed by atoms with Crippen molar-refractivity contribution in [3.8, 4) is 0 Å². The molecule has 0 bridgehead atoms. The van der Waals surface area contributed by atoms with Gasteiger partial charge in [0.2, 0.25) is 0 Å². The second-order valence-electron chi connectivity index (χ2n) is 5.85. The zero-order valence-electron chi connectivity index (χ0n) is 12.9. The lowest BCUT2D eigenvalue weighted by Gasteiger charge is -2.39. The van der Waals surface area contributed by atoms with E-state index in [2.05, 4.69) is 42.0 Å². The van der Waals surface area contributed by atoms with Crippen molar-refractivity contribution >= 4 is 16.7 Å². The quantitative estimate of drug-likeness (QED) is 0.939. The van der Waals surface area contributed by atoms with Crippen LogP contribution in [0.1, 0.15) is 18.9 Å². The van der Waals surface area contributed by atoms with Crippen molar-refractivity contribution in [2.24, 2.45) is 5.73 Å². The monoisotopic (exact) mass is 284 g/mol. The van der Waals surface area contributed by atoms with E-state index in [1.165, 1.54) is 17.4 Å². The van der Waals surface area contributed by atoms with Gasteiger partial charge in [-0.05, 0) is 31.2 Å². The molecule has 1 aliphatic heterocycles. The first kappa shape index (κ1) is 14.3. The highest BCUT2D eigenvalue weighted by molar-refractivity contribution is 5.84. The summed E-state index contributed by atoms with van der Waals surface area (Å²) in [5.41, 5.74) is 8.16. The van der Waals surface area contributed by atoms with Crippen molar-refractivity contribution in [1.29, 1.82) is 0 Å². The van der Waals surface area contributed by atoms with E-state index < -0.39 is 0 Å². The van der Waals surface area contributed by atoms with Crippen LogP contribution in [0.2, 0.25) is 0 Å². The van der Waals surface area contributed by atoms with Crippen LogP contribution in [0.4, 0.5) is 5.82 Å². The van der Waals surface area contributed by atoms with Gasteiger partial charge in [0.25, 0.3) is 0 Å². The number of nitrogens with two attached hydrogens (primary N) is 1. The van der Waals surface area contributed by atoms with E-state index in [1.54, 1.807) is 0 Å². The molecule has 1 saturated heterocycles. The summed E-state index contributed by atoms with van der Waals surface area (Å²) in [5.74, 6) is 1.07. The Bertz CT molecular complexity index is 625. The van der Waals surface area contributed by atoms with Crippen LogP contribution >= 0.6 is 0 Å². The number of piperazine rings is 1. The summed E-state index contributed by atoms with van der Waals surface area (Å²) in [5, 5.41) is 1.17. The minimum Gasteiger partial charge on any atom is -0.354 e. The van der Waals surface area contributed by atoms with Crippen molar-refractivity contribution in [2.45, 2.75) is 25.9 Å². The number of rotatable bonds is 3. The largest absolute Gasteiger partial charge is 0.354 e. The molecule has 1 aliphatic rings. The number of aromatic nitrogens is 1. The number of hydrogen-bond acceptors (Lipinski definition) is 4. The van der Waals surface area contributed by atoms with Gasteiger partial charge in [0.1, 0.15) is 5.82 Å². The normalized spacial score (nSPS) is 20.1. The highest BCUT2D eigenvalue weighted by Gasteiger charge is 2.24. The molecule has 1 aromatic carbocycles. The van der Waals surface area contributed by atoms with Gasteiger partial charge < -0.3 is 10.6 Å². The van der Waals surface area contributed by atoms with Crippen LogP contribution in [0.3, 0.4) is 0 Å². The molecule has 21 heavy (non-hydrogen) atoms. The molecule has 1 fully saturated rings. The molecule has 4 nitrogen and oxygen atoms in total. The van der Waals surface area contributed by atoms with Crippen LogP contribution in [0, 0.1) is 0 Å². The number of benzene rings is 1. The summed E-state index contributed by atoms with van der Waals surface area (Å²) >= 11 is 0. The van der Waals surface area contributed by atoms with E-state index in [-0.39, 0.29) is 0 Å². The first-order valence-corrected chi connectivity index (χ1v) is 7.77. The van der Waals surface area contributed by atoms with Crippen LogP contribution in [0.15, 0.2) is 30.3 Å². The molecule has 2 heterocycles. The van der Waals surface area contributed by atoms with E-state index in [1.807, 2.05) is 12.1 Å². The minimum absolute atomic E-state index is 0.557. The summed E-state index contributed by atoms with van der Waals surface area (Å²) in [6.45, 7) is 5.97.